The first-order chi connectivity index (χ1) is 15.3. The van der Waals surface area contributed by atoms with Crippen molar-refractivity contribution in [2.45, 2.75) is 32.7 Å². The lowest BCUT2D eigenvalue weighted by Crippen LogP contribution is -2.24. The predicted octanol–water partition coefficient (Wildman–Crippen LogP) is 6.45. The summed E-state index contributed by atoms with van der Waals surface area (Å²) >= 11 is 18.2. The van der Waals surface area contributed by atoms with Crippen molar-refractivity contribution in [1.82, 2.24) is 15.3 Å². The highest BCUT2D eigenvalue weighted by Crippen LogP contribution is 2.35. The van der Waals surface area contributed by atoms with Gasteiger partial charge in [0.05, 0.1) is 16.7 Å². The number of hydrogen-bond donors (Lipinski definition) is 2. The van der Waals surface area contributed by atoms with E-state index in [4.69, 9.17) is 44.8 Å². The predicted molar refractivity (Wildman–Crippen MR) is 121 cm³/mol. The number of benzene rings is 2. The number of imidazole rings is 1. The Morgan fingerprint density at radius 1 is 1.28 bits per heavy atom. The largest absolute Gasteiger partial charge is 0.453 e. The Balaban J connectivity index is 1.76. The minimum atomic E-state index is -0.756. The van der Waals surface area contributed by atoms with Gasteiger partial charge in [-0.3, -0.25) is 4.79 Å². The van der Waals surface area contributed by atoms with Crippen LogP contribution in [-0.2, 0) is 13.0 Å². The van der Waals surface area contributed by atoms with Gasteiger partial charge in [-0.1, -0.05) is 54.2 Å². The summed E-state index contributed by atoms with van der Waals surface area (Å²) in [6, 6.07) is 9.11. The average Bonchev–Trinajstić information content (AvgIpc) is 3.14. The van der Waals surface area contributed by atoms with Crippen molar-refractivity contribution < 1.29 is 13.9 Å². The molecule has 0 saturated carbocycles. The summed E-state index contributed by atoms with van der Waals surface area (Å²) < 4.78 is 20.6. The van der Waals surface area contributed by atoms with Crippen LogP contribution in [-0.4, -0.2) is 15.9 Å². The summed E-state index contributed by atoms with van der Waals surface area (Å²) in [5.74, 6) is -0.774. The lowest BCUT2D eigenvalue weighted by molar-refractivity contribution is 0.0946. The Morgan fingerprint density at radius 2 is 2.06 bits per heavy atom. The highest BCUT2D eigenvalue weighted by atomic mass is 35.5. The van der Waals surface area contributed by atoms with E-state index < -0.39 is 11.7 Å². The minimum absolute atomic E-state index is 0.0203. The van der Waals surface area contributed by atoms with Gasteiger partial charge in [0.1, 0.15) is 16.7 Å². The second-order valence-corrected chi connectivity index (χ2v) is 8.09. The number of aryl methyl sites for hydroxylation is 1. The second-order valence-electron chi connectivity index (χ2n) is 6.87. The molecule has 0 aliphatic carbocycles. The quantitative estimate of drug-likeness (QED) is 0.376. The van der Waals surface area contributed by atoms with E-state index in [0.717, 1.165) is 12.8 Å². The van der Waals surface area contributed by atoms with Crippen molar-refractivity contribution >= 4 is 40.7 Å². The number of amides is 1. The summed E-state index contributed by atoms with van der Waals surface area (Å²) in [5, 5.41) is 12.1. The van der Waals surface area contributed by atoms with Crippen molar-refractivity contribution in [3.05, 3.63) is 74.0 Å². The monoisotopic (exact) mass is 494 g/mol. The van der Waals surface area contributed by atoms with Gasteiger partial charge in [0.15, 0.2) is 17.3 Å². The van der Waals surface area contributed by atoms with Crippen LogP contribution in [0.15, 0.2) is 30.3 Å². The fourth-order valence-corrected chi connectivity index (χ4v) is 3.52. The number of aromatic amines is 1. The van der Waals surface area contributed by atoms with E-state index in [2.05, 4.69) is 15.3 Å². The number of aromatic nitrogens is 2. The Hall–Kier alpha value is -2.79. The Morgan fingerprint density at radius 3 is 2.78 bits per heavy atom. The first-order valence-corrected chi connectivity index (χ1v) is 10.8. The van der Waals surface area contributed by atoms with E-state index >= 15 is 4.39 Å². The molecule has 0 radical (unpaired) electrons. The van der Waals surface area contributed by atoms with E-state index in [9.17, 15) is 4.79 Å². The Labute approximate surface area is 199 Å². The van der Waals surface area contributed by atoms with Crippen LogP contribution < -0.4 is 10.1 Å². The van der Waals surface area contributed by atoms with Crippen LogP contribution in [0.5, 0.6) is 11.5 Å². The van der Waals surface area contributed by atoms with Crippen LogP contribution in [0.1, 0.15) is 47.2 Å². The average molecular weight is 496 g/mol. The van der Waals surface area contributed by atoms with E-state index in [1.165, 1.54) is 30.3 Å². The summed E-state index contributed by atoms with van der Waals surface area (Å²) in [7, 11) is 0. The van der Waals surface area contributed by atoms with Crippen LogP contribution >= 0.6 is 34.8 Å². The molecular weight excluding hydrogens is 478 g/mol. The number of ether oxygens (including phenoxy) is 1. The summed E-state index contributed by atoms with van der Waals surface area (Å²) in [6.45, 7) is 1.90. The Bertz CT molecular complexity index is 1190. The van der Waals surface area contributed by atoms with Gasteiger partial charge in [-0.25, -0.2) is 9.37 Å². The molecule has 1 aromatic heterocycles. The number of unbranched alkanes of at least 4 members (excludes halogenated alkanes) is 1. The molecule has 3 aromatic rings. The van der Waals surface area contributed by atoms with E-state index in [1.54, 1.807) is 0 Å². The number of carbonyl (C=O) groups excluding carboxylic acids is 1. The molecule has 3 rings (SSSR count). The summed E-state index contributed by atoms with van der Waals surface area (Å²) in [6.07, 6.45) is 2.56. The van der Waals surface area contributed by atoms with Crippen molar-refractivity contribution in [2.24, 2.45) is 0 Å². The van der Waals surface area contributed by atoms with Crippen LogP contribution in [0.2, 0.25) is 15.2 Å². The molecule has 0 aliphatic rings. The number of H-pyrrole nitrogens is 1. The molecule has 0 unspecified atom stereocenters. The first kappa shape index (κ1) is 23.9. The fraction of sp³-hybridized carbons (Fsp3) is 0.227. The zero-order chi connectivity index (χ0) is 23.3. The number of nitriles is 1. The number of rotatable bonds is 8. The number of carbonyl (C=O) groups is 1. The van der Waals surface area contributed by atoms with Gasteiger partial charge in [0.25, 0.3) is 5.91 Å². The first-order valence-electron chi connectivity index (χ1n) is 9.70. The van der Waals surface area contributed by atoms with Crippen molar-refractivity contribution in [3.8, 4) is 17.6 Å². The van der Waals surface area contributed by atoms with Gasteiger partial charge in [-0.2, -0.15) is 5.26 Å². The van der Waals surface area contributed by atoms with E-state index in [-0.39, 0.29) is 50.1 Å². The molecule has 166 valence electrons. The summed E-state index contributed by atoms with van der Waals surface area (Å²) in [4.78, 5) is 19.6. The highest BCUT2D eigenvalue weighted by molar-refractivity contribution is 6.32. The minimum Gasteiger partial charge on any atom is -0.453 e. The maximum absolute atomic E-state index is 15.1. The number of nitrogens with one attached hydrogen (secondary N) is 2. The SMILES string of the molecule is CCCCc1nc(C(=O)NCc2ccc(Cl)c(Oc3cc(Cl)cc(C#N)c3)c2F)c(Cl)[nH]1. The van der Waals surface area contributed by atoms with Crippen LogP contribution in [0.25, 0.3) is 0 Å². The molecule has 10 heteroatoms. The molecule has 0 saturated heterocycles. The third-order valence-corrected chi connectivity index (χ3v) is 5.27. The molecule has 0 atom stereocenters. The van der Waals surface area contributed by atoms with E-state index in [1.807, 2.05) is 13.0 Å². The van der Waals surface area contributed by atoms with Crippen molar-refractivity contribution in [1.29, 1.82) is 5.26 Å². The highest BCUT2D eigenvalue weighted by Gasteiger charge is 2.19. The Kier molecular flexibility index (Phi) is 7.97. The molecule has 32 heavy (non-hydrogen) atoms. The third kappa shape index (κ3) is 5.71. The molecule has 2 N–H and O–H groups in total. The molecule has 1 heterocycles. The van der Waals surface area contributed by atoms with Gasteiger partial charge in [0, 0.05) is 23.6 Å². The normalized spacial score (nSPS) is 10.6. The van der Waals surface area contributed by atoms with Gasteiger partial charge >= 0.3 is 0 Å². The molecule has 1 amide bonds. The number of halogens is 4. The zero-order valence-corrected chi connectivity index (χ0v) is 19.2. The standard InChI is InChI=1S/C22H18Cl3FN4O2/c1-2-3-4-17-29-19(21(25)30-17)22(31)28-11-13-5-6-16(24)20(18(13)26)32-15-8-12(10-27)7-14(23)9-15/h5-9H,2-4,11H2,1H3,(H,28,31)(H,29,30). The molecule has 0 fully saturated rings. The molecule has 0 spiro atoms. The molecule has 2 aromatic carbocycles. The fourth-order valence-electron chi connectivity index (χ4n) is 2.88. The van der Waals surface area contributed by atoms with Crippen molar-refractivity contribution in [3.63, 3.8) is 0 Å². The third-order valence-electron chi connectivity index (χ3n) is 4.48. The van der Waals surface area contributed by atoms with Gasteiger partial charge in [-0.05, 0) is 30.7 Å². The van der Waals surface area contributed by atoms with E-state index in [0.29, 0.717) is 12.2 Å². The smallest absolute Gasteiger partial charge is 0.273 e. The maximum atomic E-state index is 15.1. The van der Waals surface area contributed by atoms with Crippen molar-refractivity contribution in [2.75, 3.05) is 0 Å². The lowest BCUT2D eigenvalue weighted by Gasteiger charge is -2.13. The van der Waals surface area contributed by atoms with Gasteiger partial charge in [0.2, 0.25) is 0 Å². The molecule has 0 bridgehead atoms. The van der Waals surface area contributed by atoms with Crippen LogP contribution in [0, 0.1) is 17.1 Å². The molecular formula is C22H18Cl3FN4O2. The van der Waals surface area contributed by atoms with Crippen LogP contribution in [0.3, 0.4) is 0 Å². The van der Waals surface area contributed by atoms with Gasteiger partial charge in [-0.15, -0.1) is 0 Å². The second kappa shape index (κ2) is 10.7. The number of hydrogen-bond acceptors (Lipinski definition) is 4. The maximum Gasteiger partial charge on any atom is 0.273 e. The van der Waals surface area contributed by atoms with Crippen LogP contribution in [0.4, 0.5) is 4.39 Å². The zero-order valence-electron chi connectivity index (χ0n) is 16.9. The molecule has 0 aliphatic heterocycles. The molecule has 6 nitrogen and oxygen atoms in total. The topological polar surface area (TPSA) is 90.8 Å². The lowest BCUT2D eigenvalue weighted by atomic mass is 10.2. The number of nitrogens with zero attached hydrogens (tertiary/aromatic N) is 2. The summed E-state index contributed by atoms with van der Waals surface area (Å²) in [5.41, 5.74) is 0.436. The van der Waals surface area contributed by atoms with Gasteiger partial charge < -0.3 is 15.0 Å².